The summed E-state index contributed by atoms with van der Waals surface area (Å²) in [6.07, 6.45) is 6.49. The average molecular weight is 201 g/mol. The van der Waals surface area contributed by atoms with Crippen LogP contribution in [0.3, 0.4) is 0 Å². The van der Waals surface area contributed by atoms with E-state index < -0.39 is 0 Å². The van der Waals surface area contributed by atoms with Gasteiger partial charge in [-0.3, -0.25) is 4.79 Å². The number of halogens is 1. The zero-order valence-corrected chi connectivity index (χ0v) is 8.17. The Bertz CT molecular complexity index is 237. The van der Waals surface area contributed by atoms with Crippen LogP contribution in [0.15, 0.2) is 12.2 Å². The van der Waals surface area contributed by atoms with Crippen molar-refractivity contribution in [1.82, 2.24) is 0 Å². The molecule has 0 amide bonds. The topological polar surface area (TPSA) is 26.3 Å². The van der Waals surface area contributed by atoms with E-state index in [1.807, 2.05) is 0 Å². The molecule has 0 aliphatic heterocycles. The molecule has 2 aliphatic rings. The number of ether oxygens (including phenoxy) is 1. The second-order valence-electron chi connectivity index (χ2n) is 3.74. The molecule has 0 unspecified atom stereocenters. The average Bonchev–Trinajstić information content (AvgIpc) is 2.74. The van der Waals surface area contributed by atoms with Gasteiger partial charge in [-0.25, -0.2) is 0 Å². The van der Waals surface area contributed by atoms with Crippen LogP contribution >= 0.6 is 11.6 Å². The number of hydrogen-bond donors (Lipinski definition) is 0. The van der Waals surface area contributed by atoms with Gasteiger partial charge in [-0.15, -0.1) is 11.6 Å². The number of carbonyl (C=O) groups excluding carboxylic acids is 1. The van der Waals surface area contributed by atoms with Crippen molar-refractivity contribution in [3.63, 3.8) is 0 Å². The molecular formula is C10H13ClO2. The van der Waals surface area contributed by atoms with E-state index >= 15 is 0 Å². The Morgan fingerprint density at radius 2 is 2.31 bits per heavy atom. The summed E-state index contributed by atoms with van der Waals surface area (Å²) in [5.74, 6) is 1.50. The molecule has 0 radical (unpaired) electrons. The summed E-state index contributed by atoms with van der Waals surface area (Å²) >= 11 is 5.44. The number of alkyl halides is 1. The molecule has 0 saturated heterocycles. The molecular weight excluding hydrogens is 188 g/mol. The zero-order valence-electron chi connectivity index (χ0n) is 7.41. The summed E-state index contributed by atoms with van der Waals surface area (Å²) in [6.45, 7) is 0.345. The van der Waals surface area contributed by atoms with Crippen molar-refractivity contribution in [2.45, 2.75) is 12.8 Å². The molecule has 1 fully saturated rings. The van der Waals surface area contributed by atoms with E-state index in [1.54, 1.807) is 0 Å². The lowest BCUT2D eigenvalue weighted by Crippen LogP contribution is -2.22. The van der Waals surface area contributed by atoms with Crippen molar-refractivity contribution in [3.8, 4) is 0 Å². The van der Waals surface area contributed by atoms with Gasteiger partial charge in [-0.1, -0.05) is 12.2 Å². The summed E-state index contributed by atoms with van der Waals surface area (Å²) in [5.41, 5.74) is 0. The van der Waals surface area contributed by atoms with Crippen molar-refractivity contribution in [2.24, 2.45) is 17.8 Å². The van der Waals surface area contributed by atoms with Crippen LogP contribution in [-0.4, -0.2) is 18.5 Å². The Balaban J connectivity index is 1.88. The summed E-state index contributed by atoms with van der Waals surface area (Å²) < 4.78 is 5.02. The van der Waals surface area contributed by atoms with Crippen molar-refractivity contribution in [1.29, 1.82) is 0 Å². The molecule has 2 nitrogen and oxygen atoms in total. The Morgan fingerprint density at radius 1 is 1.46 bits per heavy atom. The molecule has 2 bridgehead atoms. The quantitative estimate of drug-likeness (QED) is 0.396. The maximum absolute atomic E-state index is 11.5. The van der Waals surface area contributed by atoms with Gasteiger partial charge in [0.1, 0.15) is 6.61 Å². The minimum Gasteiger partial charge on any atom is -0.464 e. The number of esters is 1. The van der Waals surface area contributed by atoms with Crippen LogP contribution < -0.4 is 0 Å². The highest BCUT2D eigenvalue weighted by molar-refractivity contribution is 6.18. The number of fused-ring (bicyclic) bond motifs is 2. The predicted octanol–water partition coefficient (Wildman–Crippen LogP) is 1.98. The fourth-order valence-electron chi connectivity index (χ4n) is 2.30. The molecule has 2 rings (SSSR count). The van der Waals surface area contributed by atoms with Crippen LogP contribution in [0, 0.1) is 17.8 Å². The smallest absolute Gasteiger partial charge is 0.309 e. The van der Waals surface area contributed by atoms with E-state index in [1.165, 1.54) is 0 Å². The van der Waals surface area contributed by atoms with E-state index in [4.69, 9.17) is 16.3 Å². The summed E-state index contributed by atoms with van der Waals surface area (Å²) in [7, 11) is 0. The molecule has 13 heavy (non-hydrogen) atoms. The van der Waals surface area contributed by atoms with Crippen LogP contribution in [0.1, 0.15) is 12.8 Å². The Kier molecular flexibility index (Phi) is 2.58. The predicted molar refractivity (Wildman–Crippen MR) is 50.5 cm³/mol. The maximum Gasteiger partial charge on any atom is 0.309 e. The largest absolute Gasteiger partial charge is 0.464 e. The molecule has 0 N–H and O–H groups in total. The molecule has 3 heteroatoms. The van der Waals surface area contributed by atoms with Gasteiger partial charge < -0.3 is 4.74 Å². The third-order valence-corrected chi connectivity index (χ3v) is 3.06. The fourth-order valence-corrected chi connectivity index (χ4v) is 2.38. The van der Waals surface area contributed by atoms with E-state index in [0.29, 0.717) is 24.3 Å². The van der Waals surface area contributed by atoms with Gasteiger partial charge in [0.25, 0.3) is 0 Å². The highest BCUT2D eigenvalue weighted by Gasteiger charge is 2.40. The van der Waals surface area contributed by atoms with Gasteiger partial charge in [0.05, 0.1) is 11.8 Å². The first-order valence-electron chi connectivity index (χ1n) is 4.72. The number of allylic oxidation sites excluding steroid dienone is 2. The minimum absolute atomic E-state index is 0.0579. The SMILES string of the molecule is O=C(OCCCl)[C@H]1C[C@H]2C=C[C@@H]1C2. The second kappa shape index (κ2) is 3.70. The van der Waals surface area contributed by atoms with Crippen LogP contribution in [0.4, 0.5) is 0 Å². The number of hydrogen-bond acceptors (Lipinski definition) is 2. The van der Waals surface area contributed by atoms with Gasteiger partial charge in [0.2, 0.25) is 0 Å². The third-order valence-electron chi connectivity index (χ3n) is 2.90. The molecule has 0 aromatic rings. The molecule has 2 aliphatic carbocycles. The van der Waals surface area contributed by atoms with Crippen LogP contribution in [0.5, 0.6) is 0 Å². The van der Waals surface area contributed by atoms with Gasteiger partial charge in [-0.05, 0) is 24.7 Å². The maximum atomic E-state index is 11.5. The standard InChI is InChI=1S/C10H13ClO2/c11-3-4-13-10(12)9-6-7-1-2-8(9)5-7/h1-2,7-9H,3-6H2/t7-,8+,9-/m0/s1. The first kappa shape index (κ1) is 9.07. The van der Waals surface area contributed by atoms with Gasteiger partial charge in [0.15, 0.2) is 0 Å². The van der Waals surface area contributed by atoms with Crippen molar-refractivity contribution >= 4 is 17.6 Å². The lowest BCUT2D eigenvalue weighted by atomic mass is 9.94. The van der Waals surface area contributed by atoms with E-state index in [2.05, 4.69) is 12.2 Å². The third kappa shape index (κ3) is 1.73. The van der Waals surface area contributed by atoms with E-state index in [0.717, 1.165) is 12.8 Å². The van der Waals surface area contributed by atoms with Crippen molar-refractivity contribution < 1.29 is 9.53 Å². The van der Waals surface area contributed by atoms with Crippen LogP contribution in [0.2, 0.25) is 0 Å². The van der Waals surface area contributed by atoms with E-state index in [-0.39, 0.29) is 11.9 Å². The van der Waals surface area contributed by atoms with Crippen LogP contribution in [0.25, 0.3) is 0 Å². The monoisotopic (exact) mass is 200 g/mol. The Labute approximate surface area is 82.9 Å². The number of carbonyl (C=O) groups is 1. The Morgan fingerprint density at radius 3 is 2.85 bits per heavy atom. The fraction of sp³-hybridized carbons (Fsp3) is 0.700. The summed E-state index contributed by atoms with van der Waals surface area (Å²) in [5, 5.41) is 0. The molecule has 0 aromatic heterocycles. The first-order chi connectivity index (χ1) is 6.31. The molecule has 0 aromatic carbocycles. The van der Waals surface area contributed by atoms with E-state index in [9.17, 15) is 4.79 Å². The lowest BCUT2D eigenvalue weighted by Gasteiger charge is -2.15. The molecule has 1 saturated carbocycles. The normalized spacial score (nSPS) is 35.3. The molecule has 72 valence electrons. The molecule has 0 spiro atoms. The first-order valence-corrected chi connectivity index (χ1v) is 5.25. The minimum atomic E-state index is -0.0579. The highest BCUT2D eigenvalue weighted by atomic mass is 35.5. The van der Waals surface area contributed by atoms with Crippen LogP contribution in [-0.2, 0) is 9.53 Å². The zero-order chi connectivity index (χ0) is 9.26. The van der Waals surface area contributed by atoms with Crippen molar-refractivity contribution in [2.75, 3.05) is 12.5 Å². The summed E-state index contributed by atoms with van der Waals surface area (Å²) in [4.78, 5) is 11.5. The van der Waals surface area contributed by atoms with Gasteiger partial charge >= 0.3 is 5.97 Å². The Hall–Kier alpha value is -0.500. The second-order valence-corrected chi connectivity index (χ2v) is 4.12. The lowest BCUT2D eigenvalue weighted by molar-refractivity contribution is -0.148. The molecule has 0 heterocycles. The summed E-state index contributed by atoms with van der Waals surface area (Å²) in [6, 6.07) is 0. The van der Waals surface area contributed by atoms with Gasteiger partial charge in [0, 0.05) is 0 Å². The van der Waals surface area contributed by atoms with Crippen molar-refractivity contribution in [3.05, 3.63) is 12.2 Å². The van der Waals surface area contributed by atoms with Gasteiger partial charge in [-0.2, -0.15) is 0 Å². The molecule has 3 atom stereocenters. The highest BCUT2D eigenvalue weighted by Crippen LogP contribution is 2.43. The number of rotatable bonds is 3.